The third kappa shape index (κ3) is 4.02. The minimum absolute atomic E-state index is 0.0337. The zero-order valence-electron chi connectivity index (χ0n) is 15.9. The molecule has 0 aliphatic carbocycles. The molecule has 3 aromatic rings. The fourth-order valence-electron chi connectivity index (χ4n) is 3.39. The smallest absolute Gasteiger partial charge is 0.258 e. The Morgan fingerprint density at radius 3 is 2.48 bits per heavy atom. The van der Waals surface area contributed by atoms with Crippen LogP contribution in [0.1, 0.15) is 23.6 Å². The number of rotatable bonds is 5. The van der Waals surface area contributed by atoms with Crippen molar-refractivity contribution >= 4 is 46.4 Å². The lowest BCUT2D eigenvalue weighted by Crippen LogP contribution is -2.25. The van der Waals surface area contributed by atoms with Crippen molar-refractivity contribution in [2.24, 2.45) is 0 Å². The summed E-state index contributed by atoms with van der Waals surface area (Å²) in [6.45, 7) is 2.98. The zero-order valence-corrected chi connectivity index (χ0v) is 17.4. The topological polar surface area (TPSA) is 29.5 Å². The Morgan fingerprint density at radius 2 is 1.76 bits per heavy atom. The standard InChI is InChI=1S/C24H19Cl2NO2/c1-2-27-23-6-4-3-5-20(23)21(24(27)28)13-16-7-11-19(12-8-16)29-15-17-9-10-18(25)14-22(17)26/h3-14H,2,15H2,1H3/b21-13-. The molecule has 0 saturated carbocycles. The first-order valence-electron chi connectivity index (χ1n) is 9.36. The highest BCUT2D eigenvalue weighted by Crippen LogP contribution is 2.37. The number of nitrogens with zero attached hydrogens (tertiary/aromatic N) is 1. The van der Waals surface area contributed by atoms with E-state index < -0.39 is 0 Å². The molecule has 1 amide bonds. The van der Waals surface area contributed by atoms with E-state index in [4.69, 9.17) is 27.9 Å². The number of hydrogen-bond donors (Lipinski definition) is 0. The number of para-hydroxylation sites is 1. The van der Waals surface area contributed by atoms with Crippen molar-refractivity contribution in [3.63, 3.8) is 0 Å². The minimum Gasteiger partial charge on any atom is -0.489 e. The summed E-state index contributed by atoms with van der Waals surface area (Å²) in [5.41, 5.74) is 4.46. The molecule has 5 heteroatoms. The fraction of sp³-hybridized carbons (Fsp3) is 0.125. The molecular formula is C24H19Cl2NO2. The molecule has 0 radical (unpaired) electrons. The number of ether oxygens (including phenoxy) is 1. The number of benzene rings is 3. The summed E-state index contributed by atoms with van der Waals surface area (Å²) in [7, 11) is 0. The fourth-order valence-corrected chi connectivity index (χ4v) is 3.85. The predicted molar refractivity (Wildman–Crippen MR) is 120 cm³/mol. The highest BCUT2D eigenvalue weighted by molar-refractivity contribution is 6.36. The van der Waals surface area contributed by atoms with Gasteiger partial charge in [-0.05, 0) is 48.9 Å². The van der Waals surface area contributed by atoms with Crippen LogP contribution >= 0.6 is 23.2 Å². The van der Waals surface area contributed by atoms with Crippen LogP contribution in [0.3, 0.4) is 0 Å². The van der Waals surface area contributed by atoms with Crippen molar-refractivity contribution in [2.75, 3.05) is 11.4 Å². The summed E-state index contributed by atoms with van der Waals surface area (Å²) < 4.78 is 5.83. The third-order valence-corrected chi connectivity index (χ3v) is 5.46. The van der Waals surface area contributed by atoms with Crippen molar-refractivity contribution in [1.82, 2.24) is 0 Å². The van der Waals surface area contributed by atoms with Crippen molar-refractivity contribution < 1.29 is 9.53 Å². The van der Waals surface area contributed by atoms with Crippen LogP contribution in [0.5, 0.6) is 5.75 Å². The van der Waals surface area contributed by atoms with Gasteiger partial charge in [-0.1, -0.05) is 59.6 Å². The lowest BCUT2D eigenvalue weighted by atomic mass is 10.0. The van der Waals surface area contributed by atoms with E-state index in [0.29, 0.717) is 28.8 Å². The van der Waals surface area contributed by atoms with Crippen molar-refractivity contribution in [2.45, 2.75) is 13.5 Å². The summed E-state index contributed by atoms with van der Waals surface area (Å²) in [4.78, 5) is 14.6. The molecule has 0 spiro atoms. The number of fused-ring (bicyclic) bond motifs is 1. The number of halogens is 2. The van der Waals surface area contributed by atoms with Crippen LogP contribution in [-0.2, 0) is 11.4 Å². The maximum Gasteiger partial charge on any atom is 0.258 e. The molecule has 0 N–H and O–H groups in total. The van der Waals surface area contributed by atoms with Gasteiger partial charge in [0.1, 0.15) is 12.4 Å². The van der Waals surface area contributed by atoms with Gasteiger partial charge in [0, 0.05) is 33.3 Å². The van der Waals surface area contributed by atoms with E-state index in [0.717, 1.165) is 28.1 Å². The van der Waals surface area contributed by atoms with Crippen LogP contribution in [0.15, 0.2) is 66.7 Å². The monoisotopic (exact) mass is 423 g/mol. The molecule has 0 bridgehead atoms. The Balaban J connectivity index is 1.52. The summed E-state index contributed by atoms with van der Waals surface area (Å²) in [6.07, 6.45) is 1.93. The number of likely N-dealkylation sites (N-methyl/N-ethyl adjacent to an activating group) is 1. The Bertz CT molecular complexity index is 1090. The molecule has 1 aliphatic rings. The average Bonchev–Trinajstić information content (AvgIpc) is 2.99. The second kappa shape index (κ2) is 8.32. The van der Waals surface area contributed by atoms with Gasteiger partial charge in [-0.3, -0.25) is 4.79 Å². The van der Waals surface area contributed by atoms with Crippen LogP contribution in [0.25, 0.3) is 11.6 Å². The molecule has 0 unspecified atom stereocenters. The van der Waals surface area contributed by atoms with E-state index in [9.17, 15) is 4.79 Å². The minimum atomic E-state index is 0.0337. The Kier molecular flexibility index (Phi) is 5.61. The number of amides is 1. The van der Waals surface area contributed by atoms with E-state index in [1.807, 2.05) is 67.6 Å². The van der Waals surface area contributed by atoms with E-state index in [1.165, 1.54) is 0 Å². The molecule has 3 aromatic carbocycles. The first kappa shape index (κ1) is 19.6. The van der Waals surface area contributed by atoms with Gasteiger partial charge in [-0.15, -0.1) is 0 Å². The van der Waals surface area contributed by atoms with E-state index in [2.05, 4.69) is 0 Å². The van der Waals surface area contributed by atoms with Crippen molar-refractivity contribution in [1.29, 1.82) is 0 Å². The molecule has 1 heterocycles. The van der Waals surface area contributed by atoms with Gasteiger partial charge in [-0.25, -0.2) is 0 Å². The van der Waals surface area contributed by atoms with Crippen molar-refractivity contribution in [3.8, 4) is 5.75 Å². The lowest BCUT2D eigenvalue weighted by molar-refractivity contribution is -0.112. The summed E-state index contributed by atoms with van der Waals surface area (Å²) in [5.74, 6) is 0.762. The maximum atomic E-state index is 12.8. The van der Waals surface area contributed by atoms with Gasteiger partial charge in [0.2, 0.25) is 0 Å². The molecular weight excluding hydrogens is 405 g/mol. The van der Waals surface area contributed by atoms with Crippen LogP contribution in [0.2, 0.25) is 10.0 Å². The summed E-state index contributed by atoms with van der Waals surface area (Å²) in [6, 6.07) is 20.9. The highest BCUT2D eigenvalue weighted by atomic mass is 35.5. The second-order valence-corrected chi connectivity index (χ2v) is 7.56. The first-order valence-corrected chi connectivity index (χ1v) is 10.1. The largest absolute Gasteiger partial charge is 0.489 e. The molecule has 0 fully saturated rings. The SMILES string of the molecule is CCN1C(=O)/C(=C\c2ccc(OCc3ccc(Cl)cc3Cl)cc2)c2ccccc21. The van der Waals surface area contributed by atoms with Crippen LogP contribution in [0.4, 0.5) is 5.69 Å². The van der Waals surface area contributed by atoms with E-state index in [1.54, 1.807) is 17.0 Å². The molecule has 3 nitrogen and oxygen atoms in total. The molecule has 29 heavy (non-hydrogen) atoms. The van der Waals surface area contributed by atoms with Crippen LogP contribution in [0, 0.1) is 0 Å². The Hall–Kier alpha value is -2.75. The van der Waals surface area contributed by atoms with Gasteiger partial charge in [0.15, 0.2) is 0 Å². The molecule has 0 saturated heterocycles. The number of hydrogen-bond acceptors (Lipinski definition) is 2. The first-order chi connectivity index (χ1) is 14.1. The number of carbonyl (C=O) groups excluding carboxylic acids is 1. The van der Waals surface area contributed by atoms with Crippen molar-refractivity contribution in [3.05, 3.63) is 93.5 Å². The summed E-state index contributed by atoms with van der Waals surface area (Å²) >= 11 is 12.1. The molecule has 1 aliphatic heterocycles. The van der Waals surface area contributed by atoms with Gasteiger partial charge < -0.3 is 9.64 Å². The molecule has 0 atom stereocenters. The highest BCUT2D eigenvalue weighted by Gasteiger charge is 2.30. The second-order valence-electron chi connectivity index (χ2n) is 6.72. The third-order valence-electron chi connectivity index (χ3n) is 4.88. The van der Waals surface area contributed by atoms with E-state index in [-0.39, 0.29) is 5.91 Å². The Labute approximate surface area is 180 Å². The average molecular weight is 424 g/mol. The Morgan fingerprint density at radius 1 is 1.00 bits per heavy atom. The maximum absolute atomic E-state index is 12.8. The van der Waals surface area contributed by atoms with Gasteiger partial charge in [0.05, 0.1) is 5.69 Å². The lowest BCUT2D eigenvalue weighted by Gasteiger charge is -2.13. The molecule has 146 valence electrons. The molecule has 0 aromatic heterocycles. The molecule has 4 rings (SSSR count). The van der Waals surface area contributed by atoms with Gasteiger partial charge in [0.25, 0.3) is 5.91 Å². The van der Waals surface area contributed by atoms with Gasteiger partial charge >= 0.3 is 0 Å². The zero-order chi connectivity index (χ0) is 20.4. The quantitative estimate of drug-likeness (QED) is 0.439. The van der Waals surface area contributed by atoms with E-state index >= 15 is 0 Å². The number of anilines is 1. The summed E-state index contributed by atoms with van der Waals surface area (Å²) in [5, 5.41) is 1.18. The van der Waals surface area contributed by atoms with Crippen LogP contribution < -0.4 is 9.64 Å². The normalized spacial score (nSPS) is 14.4. The predicted octanol–water partition coefficient (Wildman–Crippen LogP) is 6.48. The number of carbonyl (C=O) groups is 1. The van der Waals surface area contributed by atoms with Crippen LogP contribution in [-0.4, -0.2) is 12.5 Å². The van der Waals surface area contributed by atoms with Gasteiger partial charge in [-0.2, -0.15) is 0 Å².